The number of primary amides is 1. The Morgan fingerprint density at radius 2 is 1.82 bits per heavy atom. The van der Waals surface area contributed by atoms with Gasteiger partial charge in [-0.2, -0.15) is 0 Å². The number of amides is 1. The Labute approximate surface area is 216 Å². The monoisotopic (exact) mass is 519 g/mol. The third-order valence-corrected chi connectivity index (χ3v) is 7.41. The molecule has 0 spiro atoms. The maximum Gasteiger partial charge on any atom is 0.255 e. The molecule has 4 atom stereocenters. The number of fused-ring (bicyclic) bond motifs is 3. The summed E-state index contributed by atoms with van der Waals surface area (Å²) in [6, 6.07) is 11.4. The van der Waals surface area contributed by atoms with Crippen LogP contribution in [0.15, 0.2) is 59.4 Å². The van der Waals surface area contributed by atoms with Gasteiger partial charge in [0.2, 0.25) is 5.78 Å². The van der Waals surface area contributed by atoms with E-state index in [-0.39, 0.29) is 11.3 Å². The van der Waals surface area contributed by atoms with Crippen molar-refractivity contribution in [1.29, 1.82) is 0 Å². The number of Topliss-reactive ketones (excluding diaryl/α,β-unsaturated/α-hetero) is 2. The van der Waals surface area contributed by atoms with E-state index in [1.807, 2.05) is 6.92 Å². The average molecular weight is 520 g/mol. The number of rotatable bonds is 4. The van der Waals surface area contributed by atoms with Gasteiger partial charge in [-0.05, 0) is 41.8 Å². The molecule has 0 heterocycles. The molecule has 38 heavy (non-hydrogen) atoms. The number of carbonyl (C=O) groups excluding carboxylic acids is 3. The maximum absolute atomic E-state index is 13.8. The van der Waals surface area contributed by atoms with Crippen LogP contribution >= 0.6 is 0 Å². The van der Waals surface area contributed by atoms with Crippen molar-refractivity contribution in [1.82, 2.24) is 0 Å². The van der Waals surface area contributed by atoms with Crippen LogP contribution in [0.4, 0.5) is 0 Å². The van der Waals surface area contributed by atoms with Gasteiger partial charge in [-0.25, -0.2) is 0 Å². The van der Waals surface area contributed by atoms with Gasteiger partial charge in [0, 0.05) is 18.3 Å². The Balaban J connectivity index is 1.76. The molecule has 0 radical (unpaired) electrons. The molecule has 7 N–H and O–H groups in total. The summed E-state index contributed by atoms with van der Waals surface area (Å²) in [5.41, 5.74) is 2.07. The minimum absolute atomic E-state index is 0.107. The van der Waals surface area contributed by atoms with Gasteiger partial charge in [0.15, 0.2) is 11.4 Å². The summed E-state index contributed by atoms with van der Waals surface area (Å²) in [5.74, 6) is -7.99. The lowest BCUT2D eigenvalue weighted by Gasteiger charge is -2.49. The maximum atomic E-state index is 13.8. The largest absolute Gasteiger partial charge is 0.508 e. The van der Waals surface area contributed by atoms with E-state index >= 15 is 0 Å². The highest BCUT2D eigenvalue weighted by molar-refractivity contribution is 6.23. The average Bonchev–Trinajstić information content (AvgIpc) is 2.87. The second-order valence-electron chi connectivity index (χ2n) is 9.45. The molecule has 196 valence electrons. The number of aromatic hydroxyl groups is 1. The number of aliphatic hydroxyl groups is 4. The SMILES string of the molecule is CCOc1ccc(/C=C2\c3cccc(O)c3C(O)=C3C(=O)C4(O)C(O)=C(C(N)=O)C(=O)CC4C(O)C32)cc1. The lowest BCUT2D eigenvalue weighted by Crippen LogP contribution is -2.63. The van der Waals surface area contributed by atoms with Crippen molar-refractivity contribution in [2.24, 2.45) is 17.6 Å². The molecule has 1 saturated carbocycles. The molecule has 2 aromatic carbocycles. The van der Waals surface area contributed by atoms with Crippen molar-refractivity contribution in [3.63, 3.8) is 0 Å². The van der Waals surface area contributed by atoms with E-state index in [0.717, 1.165) is 0 Å². The van der Waals surface area contributed by atoms with Crippen molar-refractivity contribution >= 4 is 34.9 Å². The molecule has 1 fully saturated rings. The minimum atomic E-state index is -2.90. The highest BCUT2D eigenvalue weighted by Gasteiger charge is 2.64. The molecular weight excluding hydrogens is 494 g/mol. The lowest BCUT2D eigenvalue weighted by atomic mass is 9.56. The van der Waals surface area contributed by atoms with Crippen LogP contribution in [0.5, 0.6) is 11.5 Å². The van der Waals surface area contributed by atoms with Gasteiger partial charge in [0.05, 0.1) is 23.8 Å². The topological polar surface area (TPSA) is 188 Å². The first-order chi connectivity index (χ1) is 18.0. The second-order valence-corrected chi connectivity index (χ2v) is 9.45. The van der Waals surface area contributed by atoms with Crippen molar-refractivity contribution < 1.29 is 44.7 Å². The molecule has 0 aromatic heterocycles. The van der Waals surface area contributed by atoms with Crippen molar-refractivity contribution in [2.75, 3.05) is 6.61 Å². The zero-order valence-corrected chi connectivity index (χ0v) is 20.2. The van der Waals surface area contributed by atoms with Crippen LogP contribution < -0.4 is 10.5 Å². The van der Waals surface area contributed by atoms with E-state index in [4.69, 9.17) is 10.5 Å². The first kappa shape index (κ1) is 25.2. The first-order valence-corrected chi connectivity index (χ1v) is 11.9. The Morgan fingerprint density at radius 3 is 2.45 bits per heavy atom. The fourth-order valence-electron chi connectivity index (χ4n) is 5.70. The molecule has 0 aliphatic heterocycles. The zero-order valence-electron chi connectivity index (χ0n) is 20.2. The molecule has 3 aliphatic carbocycles. The van der Waals surface area contributed by atoms with Crippen LogP contribution in [0.3, 0.4) is 0 Å². The van der Waals surface area contributed by atoms with Crippen LogP contribution in [-0.2, 0) is 14.4 Å². The van der Waals surface area contributed by atoms with Crippen LogP contribution in [0.2, 0.25) is 0 Å². The van der Waals surface area contributed by atoms with Crippen LogP contribution in [0, 0.1) is 11.8 Å². The zero-order chi connectivity index (χ0) is 27.5. The van der Waals surface area contributed by atoms with E-state index in [9.17, 15) is 39.9 Å². The third-order valence-electron chi connectivity index (χ3n) is 7.41. The number of hydrogen-bond donors (Lipinski definition) is 6. The van der Waals surface area contributed by atoms with E-state index in [1.54, 1.807) is 36.4 Å². The van der Waals surface area contributed by atoms with Gasteiger partial charge in [-0.1, -0.05) is 30.3 Å². The predicted octanol–water partition coefficient (Wildman–Crippen LogP) is 1.79. The number of hydrogen-bond acceptors (Lipinski definition) is 9. The smallest absolute Gasteiger partial charge is 0.255 e. The summed E-state index contributed by atoms with van der Waals surface area (Å²) in [7, 11) is 0. The number of ketones is 2. The number of ether oxygens (including phenoxy) is 1. The number of phenols is 1. The Bertz CT molecular complexity index is 1480. The molecule has 10 heteroatoms. The van der Waals surface area contributed by atoms with Gasteiger partial charge < -0.3 is 36.0 Å². The lowest BCUT2D eigenvalue weighted by molar-refractivity contribution is -0.157. The van der Waals surface area contributed by atoms with E-state index in [2.05, 4.69) is 0 Å². The van der Waals surface area contributed by atoms with Crippen molar-refractivity contribution in [2.45, 2.75) is 25.0 Å². The fourth-order valence-corrected chi connectivity index (χ4v) is 5.70. The predicted molar refractivity (Wildman–Crippen MR) is 135 cm³/mol. The molecule has 0 bridgehead atoms. The quantitative estimate of drug-likeness (QED) is 0.327. The van der Waals surface area contributed by atoms with Gasteiger partial charge in [0.1, 0.15) is 28.6 Å². The number of aliphatic hydroxyl groups excluding tert-OH is 3. The van der Waals surface area contributed by atoms with Crippen LogP contribution in [0.1, 0.15) is 30.0 Å². The molecule has 1 amide bonds. The van der Waals surface area contributed by atoms with Crippen molar-refractivity contribution in [3.8, 4) is 11.5 Å². The Kier molecular flexibility index (Phi) is 5.89. The Hall–Kier alpha value is -4.41. The fraction of sp³-hybridized carbons (Fsp3) is 0.250. The highest BCUT2D eigenvalue weighted by atomic mass is 16.5. The molecule has 4 unspecified atom stereocenters. The number of carbonyl (C=O) groups is 3. The molecular formula is C28H25NO9. The van der Waals surface area contributed by atoms with E-state index < -0.39 is 70.1 Å². The summed E-state index contributed by atoms with van der Waals surface area (Å²) in [5, 5.41) is 55.5. The third kappa shape index (κ3) is 3.45. The van der Waals surface area contributed by atoms with E-state index in [0.29, 0.717) is 29.1 Å². The summed E-state index contributed by atoms with van der Waals surface area (Å²) in [4.78, 5) is 38.3. The summed E-state index contributed by atoms with van der Waals surface area (Å²) < 4.78 is 5.47. The minimum Gasteiger partial charge on any atom is -0.508 e. The van der Waals surface area contributed by atoms with Crippen LogP contribution in [-0.4, -0.2) is 61.3 Å². The molecule has 0 saturated heterocycles. The number of phenolic OH excluding ortho intramolecular Hbond substituents is 1. The standard InChI is InChI=1S/C28H25NO9/c1-2-38-13-8-6-12(7-9-13)10-15-14-4-3-5-17(30)19(14)24(33)22-20(15)23(32)16-11-18(31)21(27(29)36)25(34)28(16,37)26(22)35/h3-10,16,20,23,30,32-34,37H,2,11H2,1H3,(H2,29,36)/b15-10+. The Morgan fingerprint density at radius 1 is 1.13 bits per heavy atom. The summed E-state index contributed by atoms with van der Waals surface area (Å²) in [6.07, 6.45) is -0.666. The summed E-state index contributed by atoms with van der Waals surface area (Å²) in [6.45, 7) is 2.32. The molecule has 5 rings (SSSR count). The number of nitrogens with two attached hydrogens (primary N) is 1. The summed E-state index contributed by atoms with van der Waals surface area (Å²) >= 11 is 0. The normalized spacial score (nSPS) is 27.7. The molecule has 3 aliphatic rings. The van der Waals surface area contributed by atoms with Crippen LogP contribution in [0.25, 0.3) is 17.4 Å². The van der Waals surface area contributed by atoms with E-state index in [1.165, 1.54) is 12.1 Å². The number of benzene rings is 2. The molecule has 2 aromatic rings. The first-order valence-electron chi connectivity index (χ1n) is 11.9. The van der Waals surface area contributed by atoms with Gasteiger partial charge >= 0.3 is 0 Å². The molecule has 10 nitrogen and oxygen atoms in total. The van der Waals surface area contributed by atoms with Gasteiger partial charge in [-0.15, -0.1) is 0 Å². The van der Waals surface area contributed by atoms with Gasteiger partial charge in [0.25, 0.3) is 5.91 Å². The second kappa shape index (κ2) is 8.86. The van der Waals surface area contributed by atoms with Crippen molar-refractivity contribution in [3.05, 3.63) is 76.1 Å². The highest BCUT2D eigenvalue weighted by Crippen LogP contribution is 2.55. The van der Waals surface area contributed by atoms with Gasteiger partial charge in [-0.3, -0.25) is 14.4 Å².